The summed E-state index contributed by atoms with van der Waals surface area (Å²) >= 11 is 0. The molecule has 8 heteroatoms. The highest BCUT2D eigenvalue weighted by Gasteiger charge is 2.48. The first-order valence-electron chi connectivity index (χ1n) is 10.6. The second-order valence-electron chi connectivity index (χ2n) is 8.62. The van der Waals surface area contributed by atoms with Crippen molar-refractivity contribution in [1.82, 2.24) is 19.9 Å². The molecule has 2 aliphatic rings. The zero-order valence-corrected chi connectivity index (χ0v) is 17.1. The van der Waals surface area contributed by atoms with E-state index in [0.717, 1.165) is 16.8 Å². The van der Waals surface area contributed by atoms with Gasteiger partial charge in [-0.25, -0.2) is 24.7 Å². The summed E-state index contributed by atoms with van der Waals surface area (Å²) in [4.78, 5) is 30.6. The van der Waals surface area contributed by atoms with E-state index in [9.17, 15) is 20.1 Å². The molecule has 3 aromatic carbocycles. The topological polar surface area (TPSA) is 129 Å². The van der Waals surface area contributed by atoms with Gasteiger partial charge in [0.15, 0.2) is 0 Å². The van der Waals surface area contributed by atoms with Gasteiger partial charge in [0.25, 0.3) is 0 Å². The Morgan fingerprint density at radius 2 is 1.58 bits per heavy atom. The van der Waals surface area contributed by atoms with Gasteiger partial charge in [0.1, 0.15) is 16.8 Å². The molecule has 33 heavy (non-hydrogen) atoms. The number of aromatic nitrogens is 4. The van der Waals surface area contributed by atoms with Gasteiger partial charge in [-0.3, -0.25) is 0 Å². The van der Waals surface area contributed by atoms with Crippen molar-refractivity contribution in [1.29, 1.82) is 0 Å². The summed E-state index contributed by atoms with van der Waals surface area (Å²) in [6.07, 6.45) is -0.203. The molecule has 160 valence electrons. The van der Waals surface area contributed by atoms with Crippen molar-refractivity contribution in [3.8, 4) is 5.75 Å². The van der Waals surface area contributed by atoms with Crippen LogP contribution in [0.3, 0.4) is 0 Å². The predicted octanol–water partition coefficient (Wildman–Crippen LogP) is 3.28. The molecule has 2 bridgehead atoms. The Balaban J connectivity index is 1.50. The fourth-order valence-corrected chi connectivity index (χ4v) is 5.47. The molecule has 2 aliphatic carbocycles. The Morgan fingerprint density at radius 1 is 0.848 bits per heavy atom. The van der Waals surface area contributed by atoms with Crippen molar-refractivity contribution in [2.45, 2.75) is 24.4 Å². The molecule has 0 radical (unpaired) electrons. The van der Waals surface area contributed by atoms with Gasteiger partial charge in [0.2, 0.25) is 0 Å². The molecule has 3 N–H and O–H groups in total. The van der Waals surface area contributed by atoms with Gasteiger partial charge < -0.3 is 15.3 Å². The number of aliphatic hydroxyl groups excluding tert-OH is 1. The summed E-state index contributed by atoms with van der Waals surface area (Å²) in [5, 5.41) is 31.1. The predicted molar refractivity (Wildman–Crippen MR) is 120 cm³/mol. The minimum absolute atomic E-state index is 0.0581. The molecule has 0 aliphatic heterocycles. The van der Waals surface area contributed by atoms with Gasteiger partial charge >= 0.3 is 5.97 Å². The molecule has 2 heterocycles. The summed E-state index contributed by atoms with van der Waals surface area (Å²) in [6, 6.07) is 13.8. The number of nitrogens with zero attached hydrogens (tertiary/aromatic N) is 4. The lowest BCUT2D eigenvalue weighted by atomic mass is 9.84. The zero-order chi connectivity index (χ0) is 22.4. The molecule has 2 aromatic heterocycles. The standard InChI is InChI=1S/C25H16N4O4/c30-17-6-2-5-14-21(17)29-23-16(26-14)9-12-18-10(19(23)24(12)31)7-8-15-22(18)28-13-4-1-3-11(25(32)33)20(13)27-15/h1-8,12,19,24,30-31H,9H2,(H,32,33). The minimum atomic E-state index is -1.05. The molecule has 0 amide bonds. The highest BCUT2D eigenvalue weighted by Crippen LogP contribution is 2.53. The smallest absolute Gasteiger partial charge is 0.337 e. The number of benzene rings is 3. The monoisotopic (exact) mass is 436 g/mol. The number of rotatable bonds is 1. The summed E-state index contributed by atoms with van der Waals surface area (Å²) in [5.41, 5.74) is 6.54. The number of carboxylic acids is 1. The largest absolute Gasteiger partial charge is 0.506 e. The average molecular weight is 436 g/mol. The first kappa shape index (κ1) is 18.4. The molecule has 0 saturated carbocycles. The van der Waals surface area contributed by atoms with Gasteiger partial charge in [-0.05, 0) is 41.5 Å². The Bertz CT molecular complexity index is 1680. The Labute approximate surface area is 186 Å². The molecular formula is C25H16N4O4. The lowest BCUT2D eigenvalue weighted by Crippen LogP contribution is -2.28. The fraction of sp³-hybridized carbons (Fsp3) is 0.160. The Kier molecular flexibility index (Phi) is 3.46. The van der Waals surface area contributed by atoms with Crippen LogP contribution in [0.4, 0.5) is 0 Å². The van der Waals surface area contributed by atoms with E-state index in [1.54, 1.807) is 24.3 Å². The van der Waals surface area contributed by atoms with E-state index in [1.165, 1.54) is 6.07 Å². The fourth-order valence-electron chi connectivity index (χ4n) is 5.47. The number of fused-ring (bicyclic) bond motifs is 11. The average Bonchev–Trinajstić information content (AvgIpc) is 2.99. The van der Waals surface area contributed by atoms with Gasteiger partial charge in [-0.2, -0.15) is 0 Å². The number of carbonyl (C=O) groups is 1. The number of hydrogen-bond donors (Lipinski definition) is 3. The molecule has 5 aromatic rings. The van der Waals surface area contributed by atoms with Crippen LogP contribution in [0, 0.1) is 0 Å². The third-order valence-corrected chi connectivity index (χ3v) is 6.88. The summed E-state index contributed by atoms with van der Waals surface area (Å²) in [6.45, 7) is 0. The summed E-state index contributed by atoms with van der Waals surface area (Å²) < 4.78 is 0. The number of phenolic OH excluding ortho intramolecular Hbond substituents is 1. The summed E-state index contributed by atoms with van der Waals surface area (Å²) in [5.74, 6) is -1.59. The molecule has 0 spiro atoms. The van der Waals surface area contributed by atoms with Gasteiger partial charge in [0, 0.05) is 12.3 Å². The van der Waals surface area contributed by atoms with Crippen molar-refractivity contribution < 1.29 is 20.1 Å². The third-order valence-electron chi connectivity index (χ3n) is 6.88. The number of aromatic hydroxyl groups is 1. The number of para-hydroxylation sites is 2. The second kappa shape index (κ2) is 6.20. The van der Waals surface area contributed by atoms with Crippen LogP contribution in [0.25, 0.3) is 33.1 Å². The quantitative estimate of drug-likeness (QED) is 0.342. The number of hydrogen-bond acceptors (Lipinski definition) is 7. The third kappa shape index (κ3) is 2.35. The van der Waals surface area contributed by atoms with Crippen molar-refractivity contribution in [2.75, 3.05) is 0 Å². The van der Waals surface area contributed by atoms with Gasteiger partial charge in [0.05, 0.1) is 51.0 Å². The Hall–Kier alpha value is -4.17. The molecule has 0 saturated heterocycles. The van der Waals surface area contributed by atoms with E-state index in [0.29, 0.717) is 45.2 Å². The van der Waals surface area contributed by atoms with Crippen LogP contribution in [0.5, 0.6) is 5.75 Å². The molecule has 8 nitrogen and oxygen atoms in total. The lowest BCUT2D eigenvalue weighted by Gasteiger charge is -2.27. The van der Waals surface area contributed by atoms with Crippen LogP contribution in [0.1, 0.15) is 44.7 Å². The lowest BCUT2D eigenvalue weighted by molar-refractivity contribution is 0.0698. The van der Waals surface area contributed by atoms with Crippen LogP contribution in [0.2, 0.25) is 0 Å². The zero-order valence-electron chi connectivity index (χ0n) is 17.1. The maximum Gasteiger partial charge on any atom is 0.337 e. The highest BCUT2D eigenvalue weighted by molar-refractivity contribution is 6.03. The number of aliphatic hydroxyl groups is 1. The highest BCUT2D eigenvalue weighted by atomic mass is 16.4. The first-order chi connectivity index (χ1) is 16.0. The Morgan fingerprint density at radius 3 is 2.39 bits per heavy atom. The van der Waals surface area contributed by atoms with Gasteiger partial charge in [-0.1, -0.05) is 18.2 Å². The van der Waals surface area contributed by atoms with Crippen molar-refractivity contribution in [2.24, 2.45) is 0 Å². The van der Waals surface area contributed by atoms with E-state index in [-0.39, 0.29) is 23.1 Å². The van der Waals surface area contributed by atoms with Crippen LogP contribution in [-0.2, 0) is 6.42 Å². The van der Waals surface area contributed by atoms with Crippen molar-refractivity contribution in [3.63, 3.8) is 0 Å². The van der Waals surface area contributed by atoms with E-state index in [2.05, 4.69) is 4.98 Å². The van der Waals surface area contributed by atoms with Gasteiger partial charge in [-0.15, -0.1) is 0 Å². The maximum absolute atomic E-state index is 11.6. The second-order valence-corrected chi connectivity index (χ2v) is 8.62. The molecule has 0 fully saturated rings. The van der Waals surface area contributed by atoms with E-state index in [4.69, 9.17) is 15.0 Å². The van der Waals surface area contributed by atoms with E-state index < -0.39 is 12.1 Å². The number of phenols is 1. The van der Waals surface area contributed by atoms with Crippen LogP contribution >= 0.6 is 0 Å². The molecule has 3 unspecified atom stereocenters. The minimum Gasteiger partial charge on any atom is -0.506 e. The SMILES string of the molecule is O=C(O)c1cccc2nc3c4c(ccc3nc12)C1c2nc3c(O)cccc3nc2CC4C1O. The number of aromatic carboxylic acids is 1. The normalized spacial score (nSPS) is 20.8. The van der Waals surface area contributed by atoms with Crippen molar-refractivity contribution >= 4 is 39.1 Å². The summed E-state index contributed by atoms with van der Waals surface area (Å²) in [7, 11) is 0. The molecule has 7 rings (SSSR count). The number of carboxylic acid groups (broad SMARTS) is 1. The molecule has 3 atom stereocenters. The van der Waals surface area contributed by atoms with Crippen LogP contribution in [0.15, 0.2) is 48.5 Å². The first-order valence-corrected chi connectivity index (χ1v) is 10.6. The van der Waals surface area contributed by atoms with Crippen molar-refractivity contribution in [3.05, 3.63) is 76.6 Å². The maximum atomic E-state index is 11.6. The van der Waals surface area contributed by atoms with Crippen LogP contribution < -0.4 is 0 Å². The van der Waals surface area contributed by atoms with E-state index in [1.807, 2.05) is 18.2 Å². The van der Waals surface area contributed by atoms with Crippen LogP contribution in [-0.4, -0.2) is 47.3 Å². The van der Waals surface area contributed by atoms with E-state index >= 15 is 0 Å². The molecular weight excluding hydrogens is 420 g/mol.